The van der Waals surface area contributed by atoms with E-state index >= 15 is 0 Å². The van der Waals surface area contributed by atoms with Gasteiger partial charge in [0.2, 0.25) is 21.7 Å². The van der Waals surface area contributed by atoms with Gasteiger partial charge in [-0.3, -0.25) is 9.78 Å². The average Bonchev–Trinajstić information content (AvgIpc) is 3.34. The molecular formula is C23H25N3O6S. The first-order valence-electron chi connectivity index (χ1n) is 10.4. The summed E-state index contributed by atoms with van der Waals surface area (Å²) in [5.74, 6) is 0.722. The number of nitrogens with zero attached hydrogens (tertiary/aromatic N) is 2. The normalized spacial score (nSPS) is 16.5. The monoisotopic (exact) mass is 471 g/mol. The third-order valence-corrected chi connectivity index (χ3v) is 7.56. The van der Waals surface area contributed by atoms with Crippen molar-refractivity contribution in [2.75, 3.05) is 33.2 Å². The van der Waals surface area contributed by atoms with E-state index in [9.17, 15) is 13.2 Å². The van der Waals surface area contributed by atoms with E-state index < -0.39 is 22.0 Å². The van der Waals surface area contributed by atoms with Crippen molar-refractivity contribution in [1.29, 1.82) is 0 Å². The van der Waals surface area contributed by atoms with Gasteiger partial charge in [0, 0.05) is 35.9 Å². The van der Waals surface area contributed by atoms with E-state index in [1.807, 2.05) is 0 Å². The quantitative estimate of drug-likeness (QED) is 0.564. The fraction of sp³-hybridized carbons (Fsp3) is 0.304. The molecule has 1 aromatic heterocycles. The van der Waals surface area contributed by atoms with Crippen LogP contribution < -0.4 is 19.5 Å². The third kappa shape index (κ3) is 4.19. The lowest BCUT2D eigenvalue weighted by Crippen LogP contribution is -2.43. The molecule has 1 amide bonds. The third-order valence-electron chi connectivity index (χ3n) is 5.62. The number of para-hydroxylation sites is 1. The highest BCUT2D eigenvalue weighted by Gasteiger charge is 2.40. The number of methoxy groups -OCH3 is 3. The smallest absolute Gasteiger partial charge is 0.245 e. The molecular weight excluding hydrogens is 446 g/mol. The van der Waals surface area contributed by atoms with Crippen LogP contribution in [0.4, 0.5) is 5.69 Å². The molecule has 0 spiro atoms. The first-order valence-corrected chi connectivity index (χ1v) is 11.8. The van der Waals surface area contributed by atoms with Gasteiger partial charge in [-0.1, -0.05) is 18.2 Å². The van der Waals surface area contributed by atoms with E-state index in [0.29, 0.717) is 41.3 Å². The number of amides is 1. The summed E-state index contributed by atoms with van der Waals surface area (Å²) >= 11 is 0. The van der Waals surface area contributed by atoms with Crippen molar-refractivity contribution in [3.63, 3.8) is 0 Å². The Morgan fingerprint density at radius 3 is 2.42 bits per heavy atom. The van der Waals surface area contributed by atoms with E-state index in [1.165, 1.54) is 31.7 Å². The van der Waals surface area contributed by atoms with Crippen molar-refractivity contribution in [3.8, 4) is 17.2 Å². The Morgan fingerprint density at radius 2 is 1.76 bits per heavy atom. The lowest BCUT2D eigenvalue weighted by molar-refractivity contribution is -0.119. The molecule has 10 heteroatoms. The number of hydrogen-bond acceptors (Lipinski definition) is 7. The molecule has 0 aliphatic carbocycles. The van der Waals surface area contributed by atoms with Gasteiger partial charge in [-0.2, -0.15) is 4.31 Å². The predicted molar refractivity (Wildman–Crippen MR) is 123 cm³/mol. The molecule has 1 atom stereocenters. The van der Waals surface area contributed by atoms with E-state index in [0.717, 1.165) is 5.39 Å². The number of pyridine rings is 1. The number of anilines is 1. The molecule has 0 saturated carbocycles. The Labute approximate surface area is 192 Å². The number of ether oxygens (including phenoxy) is 3. The number of aromatic nitrogens is 1. The number of carbonyl (C=O) groups excluding carboxylic acids is 1. The lowest BCUT2D eigenvalue weighted by Gasteiger charge is -2.24. The number of carbonyl (C=O) groups is 1. The Hall–Kier alpha value is -3.37. The van der Waals surface area contributed by atoms with E-state index in [4.69, 9.17) is 14.2 Å². The van der Waals surface area contributed by atoms with Crippen LogP contribution in [0.5, 0.6) is 17.2 Å². The second kappa shape index (κ2) is 9.24. The van der Waals surface area contributed by atoms with Crippen molar-refractivity contribution in [2.24, 2.45) is 0 Å². The Bertz CT molecular complexity index is 1260. The van der Waals surface area contributed by atoms with Crippen molar-refractivity contribution in [3.05, 3.63) is 48.7 Å². The molecule has 9 nitrogen and oxygen atoms in total. The van der Waals surface area contributed by atoms with Gasteiger partial charge in [0.15, 0.2) is 11.5 Å². The maximum absolute atomic E-state index is 13.5. The standard InChI is InChI=1S/C23H25N3O6S/c1-30-18-13-16(14-19(31-2)22(18)32-3)25-23(27)17-9-6-12-26(17)33(28,29)20-10-4-7-15-8-5-11-24-21(15)20/h4-5,7-8,10-11,13-14,17H,6,9,12H2,1-3H3,(H,25,27)/t17-/m1/s1. The van der Waals surface area contributed by atoms with Gasteiger partial charge in [-0.15, -0.1) is 0 Å². The highest BCUT2D eigenvalue weighted by atomic mass is 32.2. The van der Waals surface area contributed by atoms with Gasteiger partial charge in [-0.25, -0.2) is 8.42 Å². The predicted octanol–water partition coefficient (Wildman–Crippen LogP) is 3.05. The summed E-state index contributed by atoms with van der Waals surface area (Å²) < 4.78 is 44.3. The van der Waals surface area contributed by atoms with Gasteiger partial charge < -0.3 is 19.5 Å². The van der Waals surface area contributed by atoms with E-state index in [1.54, 1.807) is 42.6 Å². The topological polar surface area (TPSA) is 107 Å². The Balaban J connectivity index is 1.64. The van der Waals surface area contributed by atoms with Crippen LogP contribution >= 0.6 is 0 Å². The molecule has 2 aromatic carbocycles. The second-order valence-electron chi connectivity index (χ2n) is 7.51. The van der Waals surface area contributed by atoms with Crippen LogP contribution in [0.3, 0.4) is 0 Å². The van der Waals surface area contributed by atoms with Crippen molar-refractivity contribution < 1.29 is 27.4 Å². The molecule has 2 heterocycles. The van der Waals surface area contributed by atoms with Crippen LogP contribution in [-0.2, 0) is 14.8 Å². The van der Waals surface area contributed by atoms with Gasteiger partial charge in [0.1, 0.15) is 10.9 Å². The van der Waals surface area contributed by atoms with Crippen molar-refractivity contribution in [2.45, 2.75) is 23.8 Å². The minimum absolute atomic E-state index is 0.0908. The number of fused-ring (bicyclic) bond motifs is 1. The van der Waals surface area contributed by atoms with Crippen LogP contribution in [0.2, 0.25) is 0 Å². The zero-order valence-corrected chi connectivity index (χ0v) is 19.4. The SMILES string of the molecule is COc1cc(NC(=O)[C@H]2CCCN2S(=O)(=O)c2cccc3cccnc23)cc(OC)c1OC. The molecule has 1 aliphatic rings. The Kier molecular flexibility index (Phi) is 6.39. The number of benzene rings is 2. The molecule has 4 rings (SSSR count). The zero-order chi connectivity index (χ0) is 23.6. The second-order valence-corrected chi connectivity index (χ2v) is 9.37. The summed E-state index contributed by atoms with van der Waals surface area (Å²) in [5, 5.41) is 3.52. The highest BCUT2D eigenvalue weighted by Crippen LogP contribution is 2.40. The molecule has 3 aromatic rings. The van der Waals surface area contributed by atoms with E-state index in [2.05, 4.69) is 10.3 Å². The van der Waals surface area contributed by atoms with Gasteiger partial charge in [0.25, 0.3) is 0 Å². The molecule has 0 radical (unpaired) electrons. The fourth-order valence-electron chi connectivity index (χ4n) is 4.08. The molecule has 1 fully saturated rings. The summed E-state index contributed by atoms with van der Waals surface area (Å²) in [6.45, 7) is 0.249. The largest absolute Gasteiger partial charge is 0.493 e. The maximum atomic E-state index is 13.5. The fourth-order valence-corrected chi connectivity index (χ4v) is 5.90. The molecule has 1 aliphatic heterocycles. The molecule has 33 heavy (non-hydrogen) atoms. The summed E-state index contributed by atoms with van der Waals surface area (Å²) in [6.07, 6.45) is 2.54. The summed E-state index contributed by atoms with van der Waals surface area (Å²) in [5.41, 5.74) is 0.793. The highest BCUT2D eigenvalue weighted by molar-refractivity contribution is 7.89. The average molecular weight is 472 g/mol. The van der Waals surface area contributed by atoms with Crippen molar-refractivity contribution in [1.82, 2.24) is 9.29 Å². The van der Waals surface area contributed by atoms with Gasteiger partial charge in [0.05, 0.1) is 26.8 Å². The summed E-state index contributed by atoms with van der Waals surface area (Å²) in [7, 11) is 0.498. The number of nitrogens with one attached hydrogen (secondary N) is 1. The molecule has 0 bridgehead atoms. The van der Waals surface area contributed by atoms with Crippen molar-refractivity contribution >= 4 is 32.5 Å². The maximum Gasteiger partial charge on any atom is 0.245 e. The minimum atomic E-state index is -3.95. The van der Waals surface area contributed by atoms with Gasteiger partial charge >= 0.3 is 0 Å². The van der Waals surface area contributed by atoms with Crippen LogP contribution in [0.1, 0.15) is 12.8 Å². The molecule has 1 N–H and O–H groups in total. The summed E-state index contributed by atoms with van der Waals surface area (Å²) in [4.78, 5) is 17.5. The zero-order valence-electron chi connectivity index (χ0n) is 18.6. The summed E-state index contributed by atoms with van der Waals surface area (Å²) in [6, 6.07) is 10.9. The first-order chi connectivity index (χ1) is 15.9. The number of sulfonamides is 1. The molecule has 174 valence electrons. The van der Waals surface area contributed by atoms with Crippen LogP contribution in [0, 0.1) is 0 Å². The molecule has 0 unspecified atom stereocenters. The van der Waals surface area contributed by atoms with Crippen LogP contribution in [-0.4, -0.2) is 57.5 Å². The Morgan fingerprint density at radius 1 is 1.06 bits per heavy atom. The van der Waals surface area contributed by atoms with Gasteiger partial charge in [-0.05, 0) is 25.0 Å². The minimum Gasteiger partial charge on any atom is -0.493 e. The van der Waals surface area contributed by atoms with Crippen LogP contribution in [0.25, 0.3) is 10.9 Å². The first kappa shape index (κ1) is 22.8. The van der Waals surface area contributed by atoms with E-state index in [-0.39, 0.29) is 11.4 Å². The molecule has 1 saturated heterocycles. The number of rotatable bonds is 7. The number of hydrogen-bond donors (Lipinski definition) is 1. The lowest BCUT2D eigenvalue weighted by atomic mass is 10.2. The van der Waals surface area contributed by atoms with Crippen LogP contribution in [0.15, 0.2) is 53.6 Å².